The van der Waals surface area contributed by atoms with Crippen LogP contribution >= 0.6 is 0 Å². The fourth-order valence-electron chi connectivity index (χ4n) is 1.36. The predicted molar refractivity (Wildman–Crippen MR) is 64.5 cm³/mol. The van der Waals surface area contributed by atoms with Crippen LogP contribution in [0.3, 0.4) is 0 Å². The number of anilines is 1. The highest BCUT2D eigenvalue weighted by Gasteiger charge is 2.31. The van der Waals surface area contributed by atoms with E-state index in [1.54, 1.807) is 0 Å². The largest absolute Gasteiger partial charge is 0.573 e. The first kappa shape index (κ1) is 14.3. The van der Waals surface area contributed by atoms with Crippen LogP contribution in [0.15, 0.2) is 30.5 Å². The molecule has 0 spiro atoms. The average molecular weight is 296 g/mol. The molecular weight excluding hydrogens is 289 g/mol. The van der Waals surface area contributed by atoms with Crippen molar-refractivity contribution in [1.29, 1.82) is 5.26 Å². The monoisotopic (exact) mass is 296 g/mol. The fraction of sp³-hybridized carbons (Fsp3) is 0.0909. The van der Waals surface area contributed by atoms with Crippen LogP contribution in [0.25, 0.3) is 5.57 Å². The van der Waals surface area contributed by atoms with E-state index >= 15 is 0 Å². The number of nitrogens with zero attached hydrogens (tertiary/aromatic N) is 4. The lowest BCUT2D eigenvalue weighted by molar-refractivity contribution is -0.274. The Morgan fingerprint density at radius 1 is 1.43 bits per heavy atom. The highest BCUT2D eigenvalue weighted by molar-refractivity contribution is 5.74. The number of alkyl halides is 3. The Kier molecular flexibility index (Phi) is 4.03. The first-order valence-electron chi connectivity index (χ1n) is 5.44. The molecule has 0 atom stereocenters. The van der Waals surface area contributed by atoms with Crippen molar-refractivity contribution < 1.29 is 17.9 Å². The van der Waals surface area contributed by atoms with Gasteiger partial charge >= 0.3 is 6.36 Å². The number of allylic oxidation sites excluding steroid dienone is 1. The molecule has 0 saturated carbocycles. The minimum absolute atomic E-state index is 0.0610. The van der Waals surface area contributed by atoms with Gasteiger partial charge in [-0.05, 0) is 17.3 Å². The van der Waals surface area contributed by atoms with Gasteiger partial charge in [-0.1, -0.05) is 6.07 Å². The molecule has 0 aliphatic carbocycles. The van der Waals surface area contributed by atoms with E-state index in [0.29, 0.717) is 5.69 Å². The minimum atomic E-state index is -4.77. The summed E-state index contributed by atoms with van der Waals surface area (Å²) < 4.78 is 40.1. The van der Waals surface area contributed by atoms with Gasteiger partial charge in [-0.25, -0.2) is 0 Å². The zero-order chi connectivity index (χ0) is 15.3. The van der Waals surface area contributed by atoms with Gasteiger partial charge in [-0.15, -0.1) is 23.4 Å². The van der Waals surface area contributed by atoms with E-state index in [9.17, 15) is 13.2 Å². The topological polar surface area (TPSA) is 99.5 Å². The zero-order valence-electron chi connectivity index (χ0n) is 10.2. The molecule has 21 heavy (non-hydrogen) atoms. The van der Waals surface area contributed by atoms with Crippen LogP contribution in [0, 0.1) is 11.3 Å². The van der Waals surface area contributed by atoms with E-state index in [-0.39, 0.29) is 17.1 Å². The standard InChI is InChI=1S/C11H7F3N6O/c12-11(13,14)21-9-3-1-2-8(4-9)16-6-7(5-15)10-17-19-20-18-10/h1-4,6,16H,(H,17,18,19,20). The molecule has 2 N–H and O–H groups in total. The first-order chi connectivity index (χ1) is 9.98. The molecule has 108 valence electrons. The fourth-order valence-corrected chi connectivity index (χ4v) is 1.36. The number of aromatic amines is 1. The predicted octanol–water partition coefficient (Wildman–Crippen LogP) is 2.07. The van der Waals surface area contributed by atoms with Crippen LogP contribution < -0.4 is 10.1 Å². The zero-order valence-corrected chi connectivity index (χ0v) is 10.2. The third-order valence-corrected chi connectivity index (χ3v) is 2.16. The molecule has 0 aliphatic heterocycles. The van der Waals surface area contributed by atoms with Crippen molar-refractivity contribution in [3.63, 3.8) is 0 Å². The highest BCUT2D eigenvalue weighted by atomic mass is 19.4. The third kappa shape index (κ3) is 4.20. The van der Waals surface area contributed by atoms with Crippen LogP contribution in [0.2, 0.25) is 0 Å². The lowest BCUT2D eigenvalue weighted by atomic mass is 10.3. The average Bonchev–Trinajstić information content (AvgIpc) is 2.92. The van der Waals surface area contributed by atoms with Crippen molar-refractivity contribution in [2.75, 3.05) is 5.32 Å². The molecule has 1 aromatic heterocycles. The number of hydrogen-bond donors (Lipinski definition) is 2. The van der Waals surface area contributed by atoms with Gasteiger partial charge < -0.3 is 10.1 Å². The number of ether oxygens (including phenoxy) is 1. The maximum Gasteiger partial charge on any atom is 0.573 e. The van der Waals surface area contributed by atoms with Gasteiger partial charge in [0.05, 0.1) is 0 Å². The van der Waals surface area contributed by atoms with Gasteiger partial charge in [-0.2, -0.15) is 10.5 Å². The molecule has 0 aliphatic rings. The number of tetrazole rings is 1. The molecular formula is C11H7F3N6O. The third-order valence-electron chi connectivity index (χ3n) is 2.16. The number of nitriles is 1. The first-order valence-corrected chi connectivity index (χ1v) is 5.44. The summed E-state index contributed by atoms with van der Waals surface area (Å²) in [6, 6.07) is 7.00. The molecule has 1 aromatic carbocycles. The second-order valence-corrected chi connectivity index (χ2v) is 3.63. The summed E-state index contributed by atoms with van der Waals surface area (Å²) in [5.41, 5.74) is 0.360. The SMILES string of the molecule is N#CC(=CNc1cccc(OC(F)(F)F)c1)c1nn[nH]n1. The van der Waals surface area contributed by atoms with E-state index in [1.165, 1.54) is 18.3 Å². The van der Waals surface area contributed by atoms with Crippen molar-refractivity contribution >= 4 is 11.3 Å². The molecule has 7 nitrogen and oxygen atoms in total. The van der Waals surface area contributed by atoms with Crippen molar-refractivity contribution in [1.82, 2.24) is 20.6 Å². The summed E-state index contributed by atoms with van der Waals surface area (Å²) >= 11 is 0. The van der Waals surface area contributed by atoms with E-state index in [4.69, 9.17) is 5.26 Å². The van der Waals surface area contributed by atoms with Crippen LogP contribution in [-0.2, 0) is 0 Å². The van der Waals surface area contributed by atoms with Crippen LogP contribution in [0.5, 0.6) is 5.75 Å². The Balaban J connectivity index is 2.13. The Bertz CT molecular complexity index is 674. The van der Waals surface area contributed by atoms with Gasteiger partial charge in [0.1, 0.15) is 17.4 Å². The number of aromatic nitrogens is 4. The number of halogens is 3. The van der Waals surface area contributed by atoms with Crippen molar-refractivity contribution in [2.45, 2.75) is 6.36 Å². The maximum absolute atomic E-state index is 12.1. The van der Waals surface area contributed by atoms with Crippen LogP contribution in [0.1, 0.15) is 5.82 Å². The summed E-state index contributed by atoms with van der Waals surface area (Å²) in [4.78, 5) is 0. The van der Waals surface area contributed by atoms with E-state index in [0.717, 1.165) is 12.1 Å². The number of H-pyrrole nitrogens is 1. The number of nitrogens with one attached hydrogen (secondary N) is 2. The molecule has 0 radical (unpaired) electrons. The normalized spacial score (nSPS) is 11.8. The van der Waals surface area contributed by atoms with Gasteiger partial charge in [0.25, 0.3) is 0 Å². The summed E-state index contributed by atoms with van der Waals surface area (Å²) in [5.74, 6) is -0.313. The molecule has 1 heterocycles. The summed E-state index contributed by atoms with van der Waals surface area (Å²) in [6.07, 6.45) is -3.52. The van der Waals surface area contributed by atoms with Crippen LogP contribution in [0.4, 0.5) is 18.9 Å². The Morgan fingerprint density at radius 2 is 2.24 bits per heavy atom. The Labute approximate surface area is 116 Å². The van der Waals surface area contributed by atoms with Crippen molar-refractivity contribution in [3.8, 4) is 11.8 Å². The number of hydrogen-bond acceptors (Lipinski definition) is 6. The Morgan fingerprint density at radius 3 is 2.86 bits per heavy atom. The summed E-state index contributed by atoms with van der Waals surface area (Å²) in [5, 5.41) is 24.3. The molecule has 2 aromatic rings. The molecule has 10 heteroatoms. The van der Waals surface area contributed by atoms with Gasteiger partial charge in [0.15, 0.2) is 0 Å². The summed E-state index contributed by atoms with van der Waals surface area (Å²) in [7, 11) is 0. The van der Waals surface area contributed by atoms with E-state index < -0.39 is 6.36 Å². The summed E-state index contributed by atoms with van der Waals surface area (Å²) in [6.45, 7) is 0. The van der Waals surface area contributed by atoms with E-state index in [1.807, 2.05) is 6.07 Å². The lowest BCUT2D eigenvalue weighted by Gasteiger charge is -2.09. The lowest BCUT2D eigenvalue weighted by Crippen LogP contribution is -2.17. The minimum Gasteiger partial charge on any atom is -0.406 e. The molecule has 2 rings (SSSR count). The highest BCUT2D eigenvalue weighted by Crippen LogP contribution is 2.25. The van der Waals surface area contributed by atoms with Gasteiger partial charge in [-0.3, -0.25) is 0 Å². The number of benzene rings is 1. The quantitative estimate of drug-likeness (QED) is 0.838. The van der Waals surface area contributed by atoms with Gasteiger partial charge in [0, 0.05) is 18.0 Å². The van der Waals surface area contributed by atoms with Crippen molar-refractivity contribution in [2.24, 2.45) is 0 Å². The molecule has 0 saturated heterocycles. The Hall–Kier alpha value is -3.09. The maximum atomic E-state index is 12.1. The molecule has 0 unspecified atom stereocenters. The number of rotatable bonds is 4. The molecule has 0 amide bonds. The second kappa shape index (κ2) is 5.91. The van der Waals surface area contributed by atoms with Gasteiger partial charge in [0.2, 0.25) is 5.82 Å². The smallest absolute Gasteiger partial charge is 0.406 e. The molecule has 0 fully saturated rings. The van der Waals surface area contributed by atoms with Crippen molar-refractivity contribution in [3.05, 3.63) is 36.3 Å². The van der Waals surface area contributed by atoms with E-state index in [2.05, 4.69) is 30.7 Å². The molecule has 0 bridgehead atoms. The second-order valence-electron chi connectivity index (χ2n) is 3.63. The van der Waals surface area contributed by atoms with Crippen LogP contribution in [-0.4, -0.2) is 27.0 Å².